The number of urea groups is 1. The first-order valence-corrected chi connectivity index (χ1v) is 8.22. The average molecular weight is 370 g/mol. The lowest BCUT2D eigenvalue weighted by Gasteiger charge is -2.37. The van der Waals surface area contributed by atoms with Crippen LogP contribution in [0.2, 0.25) is 0 Å². The van der Waals surface area contributed by atoms with Crippen LogP contribution in [0.1, 0.15) is 44.9 Å². The van der Waals surface area contributed by atoms with E-state index in [1.165, 1.54) is 17.0 Å². The number of benzene rings is 1. The topological polar surface area (TPSA) is 58.6 Å². The van der Waals surface area contributed by atoms with E-state index in [0.29, 0.717) is 5.70 Å². The standard InChI is InChI=1S/C18H21F3N2O3/c1-5-26-16(24)14-11(4)23(10(2)3)17(25)22-15(14)12-7-6-8-13(9-12)18(19,20)21/h6-10,15H,5H2,1-4H3,(H,22,25)/t15-/m1/s1. The number of amides is 2. The summed E-state index contributed by atoms with van der Waals surface area (Å²) in [6.07, 6.45) is -4.53. The molecule has 2 amide bonds. The number of hydrogen-bond acceptors (Lipinski definition) is 3. The zero-order valence-electron chi connectivity index (χ0n) is 15.0. The molecule has 142 valence electrons. The maximum atomic E-state index is 13.0. The zero-order chi connectivity index (χ0) is 19.6. The summed E-state index contributed by atoms with van der Waals surface area (Å²) in [6.45, 7) is 6.88. The van der Waals surface area contributed by atoms with E-state index >= 15 is 0 Å². The van der Waals surface area contributed by atoms with Gasteiger partial charge in [0, 0.05) is 11.7 Å². The maximum absolute atomic E-state index is 13.0. The summed E-state index contributed by atoms with van der Waals surface area (Å²) in [6, 6.07) is 2.83. The molecule has 1 atom stereocenters. The molecule has 1 aromatic rings. The fraction of sp³-hybridized carbons (Fsp3) is 0.444. The van der Waals surface area contributed by atoms with E-state index in [0.717, 1.165) is 12.1 Å². The van der Waals surface area contributed by atoms with Crippen molar-refractivity contribution >= 4 is 12.0 Å². The van der Waals surface area contributed by atoms with Crippen LogP contribution < -0.4 is 5.32 Å². The van der Waals surface area contributed by atoms with Gasteiger partial charge in [-0.3, -0.25) is 4.90 Å². The van der Waals surface area contributed by atoms with Crippen molar-refractivity contribution in [1.29, 1.82) is 0 Å². The van der Waals surface area contributed by atoms with Gasteiger partial charge >= 0.3 is 18.2 Å². The molecule has 0 saturated heterocycles. The summed E-state index contributed by atoms with van der Waals surface area (Å²) in [5, 5.41) is 2.62. The van der Waals surface area contributed by atoms with Crippen LogP contribution in [0, 0.1) is 0 Å². The molecule has 0 saturated carbocycles. The third-order valence-corrected chi connectivity index (χ3v) is 4.09. The van der Waals surface area contributed by atoms with Crippen molar-refractivity contribution < 1.29 is 27.5 Å². The highest BCUT2D eigenvalue weighted by molar-refractivity contribution is 5.95. The van der Waals surface area contributed by atoms with Gasteiger partial charge in [0.2, 0.25) is 0 Å². The Bertz CT molecular complexity index is 741. The molecule has 1 N–H and O–H groups in total. The Balaban J connectivity index is 2.59. The Morgan fingerprint density at radius 2 is 2.00 bits per heavy atom. The summed E-state index contributed by atoms with van der Waals surface area (Å²) >= 11 is 0. The predicted octanol–water partition coefficient (Wildman–Crippen LogP) is 4.02. The van der Waals surface area contributed by atoms with Gasteiger partial charge in [-0.25, -0.2) is 9.59 Å². The van der Waals surface area contributed by atoms with Crippen molar-refractivity contribution in [2.24, 2.45) is 0 Å². The van der Waals surface area contributed by atoms with Crippen LogP contribution in [0.15, 0.2) is 35.5 Å². The summed E-state index contributed by atoms with van der Waals surface area (Å²) in [4.78, 5) is 26.3. The lowest BCUT2D eigenvalue weighted by Crippen LogP contribution is -2.50. The molecule has 0 aliphatic carbocycles. The van der Waals surface area contributed by atoms with Crippen LogP contribution in [0.5, 0.6) is 0 Å². The molecule has 0 spiro atoms. The van der Waals surface area contributed by atoms with Gasteiger partial charge < -0.3 is 10.1 Å². The van der Waals surface area contributed by atoms with Gasteiger partial charge in [0.25, 0.3) is 0 Å². The van der Waals surface area contributed by atoms with Gasteiger partial charge in [0.1, 0.15) is 0 Å². The molecular formula is C18H21F3N2O3. The fourth-order valence-electron chi connectivity index (χ4n) is 3.00. The van der Waals surface area contributed by atoms with Gasteiger partial charge in [-0.05, 0) is 45.4 Å². The number of alkyl halides is 3. The van der Waals surface area contributed by atoms with Crippen LogP contribution >= 0.6 is 0 Å². The molecule has 0 fully saturated rings. The molecule has 1 aliphatic heterocycles. The number of rotatable bonds is 4. The average Bonchev–Trinajstić information content (AvgIpc) is 2.53. The number of allylic oxidation sites excluding steroid dienone is 1. The fourth-order valence-corrected chi connectivity index (χ4v) is 3.00. The third-order valence-electron chi connectivity index (χ3n) is 4.09. The van der Waals surface area contributed by atoms with E-state index in [1.807, 2.05) is 0 Å². The van der Waals surface area contributed by atoms with Gasteiger partial charge in [-0.2, -0.15) is 13.2 Å². The molecule has 0 radical (unpaired) electrons. The highest BCUT2D eigenvalue weighted by Crippen LogP contribution is 2.35. The summed E-state index contributed by atoms with van der Waals surface area (Å²) in [5.41, 5.74) is -0.195. The monoisotopic (exact) mass is 370 g/mol. The number of nitrogens with one attached hydrogen (secondary N) is 1. The lowest BCUT2D eigenvalue weighted by atomic mass is 9.93. The van der Waals surface area contributed by atoms with Crippen LogP contribution in [0.4, 0.5) is 18.0 Å². The van der Waals surface area contributed by atoms with Gasteiger partial charge in [-0.1, -0.05) is 12.1 Å². The Labute approximate surface area is 149 Å². The van der Waals surface area contributed by atoms with Crippen LogP contribution in [0.3, 0.4) is 0 Å². The highest BCUT2D eigenvalue weighted by Gasteiger charge is 2.38. The number of nitrogens with zero attached hydrogens (tertiary/aromatic N) is 1. The normalized spacial score (nSPS) is 18.2. The van der Waals surface area contributed by atoms with Crippen molar-refractivity contribution in [2.45, 2.75) is 46.0 Å². The zero-order valence-corrected chi connectivity index (χ0v) is 15.0. The number of hydrogen-bond donors (Lipinski definition) is 1. The van der Waals surface area contributed by atoms with Gasteiger partial charge in [0.05, 0.1) is 23.8 Å². The van der Waals surface area contributed by atoms with E-state index in [4.69, 9.17) is 4.74 Å². The number of halogens is 3. The lowest BCUT2D eigenvalue weighted by molar-refractivity contribution is -0.139. The number of carbonyl (C=O) groups excluding carboxylic acids is 2. The molecule has 0 aromatic heterocycles. The molecule has 0 bridgehead atoms. The summed E-state index contributed by atoms with van der Waals surface area (Å²) < 4.78 is 44.2. The van der Waals surface area contributed by atoms with E-state index in [1.54, 1.807) is 27.7 Å². The molecule has 26 heavy (non-hydrogen) atoms. The van der Waals surface area contributed by atoms with Gasteiger partial charge in [-0.15, -0.1) is 0 Å². The molecule has 1 aliphatic rings. The largest absolute Gasteiger partial charge is 0.463 e. The molecule has 1 heterocycles. The second-order valence-electron chi connectivity index (χ2n) is 6.19. The van der Waals surface area contributed by atoms with Crippen molar-refractivity contribution in [3.05, 3.63) is 46.7 Å². The van der Waals surface area contributed by atoms with E-state index in [9.17, 15) is 22.8 Å². The molecule has 0 unspecified atom stereocenters. The second-order valence-corrected chi connectivity index (χ2v) is 6.19. The van der Waals surface area contributed by atoms with Crippen LogP contribution in [-0.2, 0) is 15.7 Å². The van der Waals surface area contributed by atoms with E-state index in [2.05, 4.69) is 5.32 Å². The molecular weight excluding hydrogens is 349 g/mol. The SMILES string of the molecule is CCOC(=O)C1=C(C)N(C(C)C)C(=O)N[C@@H]1c1cccc(C(F)(F)F)c1. The van der Waals surface area contributed by atoms with Crippen molar-refractivity contribution in [2.75, 3.05) is 6.61 Å². The maximum Gasteiger partial charge on any atom is 0.416 e. The minimum absolute atomic E-state index is 0.112. The van der Waals surface area contributed by atoms with Crippen molar-refractivity contribution in [3.8, 4) is 0 Å². The molecule has 8 heteroatoms. The second kappa shape index (κ2) is 7.39. The minimum Gasteiger partial charge on any atom is -0.463 e. The minimum atomic E-state index is -4.53. The van der Waals surface area contributed by atoms with Crippen LogP contribution in [-0.4, -0.2) is 29.5 Å². The first-order chi connectivity index (χ1) is 12.1. The summed E-state index contributed by atoms with van der Waals surface area (Å²) in [7, 11) is 0. The quantitative estimate of drug-likeness (QED) is 0.815. The van der Waals surface area contributed by atoms with Crippen LogP contribution in [0.25, 0.3) is 0 Å². The van der Waals surface area contributed by atoms with Crippen molar-refractivity contribution in [1.82, 2.24) is 10.2 Å². The van der Waals surface area contributed by atoms with Gasteiger partial charge in [0.15, 0.2) is 0 Å². The highest BCUT2D eigenvalue weighted by atomic mass is 19.4. The summed E-state index contributed by atoms with van der Waals surface area (Å²) in [5.74, 6) is -0.668. The predicted molar refractivity (Wildman–Crippen MR) is 89.0 cm³/mol. The Morgan fingerprint density at radius 1 is 1.35 bits per heavy atom. The smallest absolute Gasteiger partial charge is 0.416 e. The number of esters is 1. The number of ether oxygens (including phenoxy) is 1. The molecule has 2 rings (SSSR count). The Kier molecular flexibility index (Phi) is 5.63. The molecule has 1 aromatic carbocycles. The van der Waals surface area contributed by atoms with E-state index < -0.39 is 29.8 Å². The Hall–Kier alpha value is -2.51. The van der Waals surface area contributed by atoms with E-state index in [-0.39, 0.29) is 23.8 Å². The Morgan fingerprint density at radius 3 is 2.54 bits per heavy atom. The third kappa shape index (κ3) is 3.84. The first-order valence-electron chi connectivity index (χ1n) is 8.22. The number of carbonyl (C=O) groups is 2. The van der Waals surface area contributed by atoms with Crippen molar-refractivity contribution in [3.63, 3.8) is 0 Å². The molecule has 5 nitrogen and oxygen atoms in total. The first kappa shape index (κ1) is 19.8.